The highest BCUT2D eigenvalue weighted by Gasteiger charge is 2.51. The molecule has 2 amide bonds. The van der Waals surface area contributed by atoms with Crippen molar-refractivity contribution in [2.75, 3.05) is 5.32 Å². The van der Waals surface area contributed by atoms with Crippen molar-refractivity contribution in [2.45, 2.75) is 24.9 Å². The second-order valence-electron chi connectivity index (χ2n) is 8.13. The van der Waals surface area contributed by atoms with E-state index in [1.807, 2.05) is 6.07 Å². The van der Waals surface area contributed by atoms with E-state index >= 15 is 0 Å². The van der Waals surface area contributed by atoms with Gasteiger partial charge >= 0.3 is 0 Å². The molecule has 2 N–H and O–H groups in total. The first-order chi connectivity index (χ1) is 15.8. The highest BCUT2D eigenvalue weighted by atomic mass is 19.1. The minimum atomic E-state index is -1.05. The van der Waals surface area contributed by atoms with Gasteiger partial charge in [-0.1, -0.05) is 12.1 Å². The second-order valence-corrected chi connectivity index (χ2v) is 8.13. The van der Waals surface area contributed by atoms with Gasteiger partial charge in [0, 0.05) is 6.07 Å². The largest absolute Gasteiger partial charge is 0.338 e. The van der Waals surface area contributed by atoms with Crippen molar-refractivity contribution in [3.8, 4) is 6.07 Å². The van der Waals surface area contributed by atoms with Crippen molar-refractivity contribution in [1.29, 1.82) is 5.26 Å². The maximum atomic E-state index is 14.5. The number of carbonyl (C=O) groups excluding carboxylic acids is 2. The first kappa shape index (κ1) is 20.8. The molecule has 33 heavy (non-hydrogen) atoms. The van der Waals surface area contributed by atoms with Gasteiger partial charge in [0.25, 0.3) is 5.91 Å². The smallest absolute Gasteiger partial charge is 0.275 e. The maximum Gasteiger partial charge on any atom is 0.275 e. The molecule has 1 aliphatic carbocycles. The lowest BCUT2D eigenvalue weighted by molar-refractivity contribution is -0.118. The SMILES string of the molecule is N#Cc1cccc(Cn2cc(F)c(C(=O)NC3C(=O)Nc4c(F)cc(F)cc4C4C[C@H]34)n2)c1. The standard InChI is InChI=1S/C23H16F3N5O2/c24-13-5-15-14-7-16(14)20(22(32)28-19(15)17(25)6-13)29-23(33)21-18(26)10-31(30-21)9-12-3-1-2-11(4-12)8-27/h1-6,10,14,16,20H,7,9H2,(H,28,32)(H,29,33)/t14?,16-,20?/m0/s1. The fourth-order valence-corrected chi connectivity index (χ4v) is 4.29. The summed E-state index contributed by atoms with van der Waals surface area (Å²) >= 11 is 0. The van der Waals surface area contributed by atoms with Crippen LogP contribution in [0.25, 0.3) is 0 Å². The van der Waals surface area contributed by atoms with Crippen molar-refractivity contribution in [1.82, 2.24) is 15.1 Å². The summed E-state index contributed by atoms with van der Waals surface area (Å²) < 4.78 is 43.5. The Morgan fingerprint density at radius 3 is 2.85 bits per heavy atom. The number of carbonyl (C=O) groups is 2. The highest BCUT2D eigenvalue weighted by molar-refractivity contribution is 6.02. The molecule has 2 unspecified atom stereocenters. The molecule has 1 aliphatic heterocycles. The van der Waals surface area contributed by atoms with Crippen LogP contribution in [0.2, 0.25) is 0 Å². The first-order valence-electron chi connectivity index (χ1n) is 10.2. The molecule has 0 spiro atoms. The van der Waals surface area contributed by atoms with Gasteiger partial charge in [0.2, 0.25) is 5.91 Å². The Labute approximate surface area is 185 Å². The van der Waals surface area contributed by atoms with Crippen LogP contribution in [0.15, 0.2) is 42.6 Å². The third-order valence-corrected chi connectivity index (χ3v) is 5.90. The van der Waals surface area contributed by atoms with Crippen LogP contribution in [-0.4, -0.2) is 27.6 Å². The monoisotopic (exact) mass is 451 g/mol. The Morgan fingerprint density at radius 2 is 2.06 bits per heavy atom. The summed E-state index contributed by atoms with van der Waals surface area (Å²) in [6.45, 7) is 0.133. The molecular weight excluding hydrogens is 435 g/mol. The molecule has 3 aromatic rings. The summed E-state index contributed by atoms with van der Waals surface area (Å²) in [6, 6.07) is 9.51. The van der Waals surface area contributed by atoms with Gasteiger partial charge in [-0.2, -0.15) is 10.4 Å². The predicted molar refractivity (Wildman–Crippen MR) is 110 cm³/mol. The molecule has 0 radical (unpaired) electrons. The van der Waals surface area contributed by atoms with Gasteiger partial charge in [-0.25, -0.2) is 13.2 Å². The lowest BCUT2D eigenvalue weighted by atomic mass is 10.1. The molecule has 0 saturated heterocycles. The number of amides is 2. The number of nitrogens with one attached hydrogen (secondary N) is 2. The molecule has 1 aromatic heterocycles. The molecule has 2 aliphatic rings. The van der Waals surface area contributed by atoms with Crippen molar-refractivity contribution in [3.05, 3.63) is 82.4 Å². The summed E-state index contributed by atoms with van der Waals surface area (Å²) in [5.41, 5.74) is 0.891. The average molecular weight is 451 g/mol. The molecule has 166 valence electrons. The van der Waals surface area contributed by atoms with Gasteiger partial charge < -0.3 is 10.6 Å². The van der Waals surface area contributed by atoms with E-state index < -0.39 is 41.0 Å². The molecule has 3 atom stereocenters. The molecule has 2 heterocycles. The van der Waals surface area contributed by atoms with E-state index in [-0.39, 0.29) is 24.1 Å². The lowest BCUT2D eigenvalue weighted by Crippen LogP contribution is -2.45. The maximum absolute atomic E-state index is 14.5. The van der Waals surface area contributed by atoms with Crippen molar-refractivity contribution < 1.29 is 22.8 Å². The third-order valence-electron chi connectivity index (χ3n) is 5.90. The van der Waals surface area contributed by atoms with E-state index in [0.29, 0.717) is 29.2 Å². The van der Waals surface area contributed by atoms with Gasteiger partial charge in [-0.05, 0) is 47.6 Å². The van der Waals surface area contributed by atoms with E-state index in [2.05, 4.69) is 15.7 Å². The van der Waals surface area contributed by atoms with Crippen molar-refractivity contribution in [3.63, 3.8) is 0 Å². The number of nitriles is 1. The summed E-state index contributed by atoms with van der Waals surface area (Å²) in [6.07, 6.45) is 1.51. The summed E-state index contributed by atoms with van der Waals surface area (Å²) in [4.78, 5) is 25.4. The second kappa shape index (κ2) is 7.78. The molecular formula is C23H16F3N5O2. The van der Waals surface area contributed by atoms with E-state index in [4.69, 9.17) is 5.26 Å². The van der Waals surface area contributed by atoms with Crippen molar-refractivity contribution in [2.24, 2.45) is 5.92 Å². The number of aromatic nitrogens is 2. The number of nitrogens with zero attached hydrogens (tertiary/aromatic N) is 3. The highest BCUT2D eigenvalue weighted by Crippen LogP contribution is 2.54. The number of benzene rings is 2. The molecule has 5 rings (SSSR count). The fourth-order valence-electron chi connectivity index (χ4n) is 4.29. The summed E-state index contributed by atoms with van der Waals surface area (Å²) in [7, 11) is 0. The number of rotatable bonds is 4. The Bertz CT molecular complexity index is 1350. The minimum absolute atomic E-state index is 0.0966. The normalized spacial score (nSPS) is 20.7. The topological polar surface area (TPSA) is 99.8 Å². The Morgan fingerprint density at radius 1 is 1.24 bits per heavy atom. The zero-order valence-corrected chi connectivity index (χ0v) is 17.0. The van der Waals surface area contributed by atoms with E-state index in [1.165, 1.54) is 10.7 Å². The van der Waals surface area contributed by atoms with Gasteiger partial charge in [0.1, 0.15) is 17.7 Å². The van der Waals surface area contributed by atoms with E-state index in [0.717, 1.165) is 6.20 Å². The van der Waals surface area contributed by atoms with Crippen LogP contribution in [0.1, 0.15) is 39.5 Å². The lowest BCUT2D eigenvalue weighted by Gasteiger charge is -2.16. The predicted octanol–water partition coefficient (Wildman–Crippen LogP) is 3.07. The van der Waals surface area contributed by atoms with Crippen LogP contribution in [0.5, 0.6) is 0 Å². The molecule has 1 fully saturated rings. The van der Waals surface area contributed by atoms with E-state index in [9.17, 15) is 22.8 Å². The molecule has 2 aromatic carbocycles. The minimum Gasteiger partial charge on any atom is -0.338 e. The Hall–Kier alpha value is -4.13. The van der Waals surface area contributed by atoms with Gasteiger partial charge in [-0.15, -0.1) is 0 Å². The number of hydrogen-bond acceptors (Lipinski definition) is 4. The van der Waals surface area contributed by atoms with Crippen LogP contribution in [0.3, 0.4) is 0 Å². The van der Waals surface area contributed by atoms with Crippen LogP contribution < -0.4 is 10.6 Å². The van der Waals surface area contributed by atoms with Gasteiger partial charge in [0.05, 0.1) is 30.1 Å². The summed E-state index contributed by atoms with van der Waals surface area (Å²) in [5.74, 6) is -4.72. The Kier molecular flexibility index (Phi) is 4.89. The molecule has 10 heteroatoms. The van der Waals surface area contributed by atoms with Gasteiger partial charge in [0.15, 0.2) is 11.5 Å². The average Bonchev–Trinajstić information content (AvgIpc) is 3.49. The quantitative estimate of drug-likeness (QED) is 0.637. The van der Waals surface area contributed by atoms with E-state index in [1.54, 1.807) is 24.3 Å². The number of fused-ring (bicyclic) bond motifs is 3. The van der Waals surface area contributed by atoms with Gasteiger partial charge in [-0.3, -0.25) is 14.3 Å². The van der Waals surface area contributed by atoms with Crippen LogP contribution >= 0.6 is 0 Å². The number of anilines is 1. The summed E-state index contributed by atoms with van der Waals surface area (Å²) in [5, 5.41) is 17.9. The fraction of sp³-hybridized carbons (Fsp3) is 0.217. The molecule has 1 saturated carbocycles. The zero-order valence-electron chi connectivity index (χ0n) is 17.0. The van der Waals surface area contributed by atoms with Crippen LogP contribution in [0.4, 0.5) is 18.9 Å². The zero-order chi connectivity index (χ0) is 23.3. The Balaban J connectivity index is 1.34. The molecule has 0 bridgehead atoms. The third kappa shape index (κ3) is 3.82. The van der Waals surface area contributed by atoms with Crippen molar-refractivity contribution >= 4 is 17.5 Å². The van der Waals surface area contributed by atoms with Crippen LogP contribution in [0, 0.1) is 34.7 Å². The number of hydrogen-bond donors (Lipinski definition) is 2. The first-order valence-corrected chi connectivity index (χ1v) is 10.2. The van der Waals surface area contributed by atoms with Crippen LogP contribution in [-0.2, 0) is 11.3 Å². The number of halogens is 3. The molecule has 7 nitrogen and oxygen atoms in total.